The predicted octanol–water partition coefficient (Wildman–Crippen LogP) is -0.570. The minimum absolute atomic E-state index is 0.0570. The lowest BCUT2D eigenvalue weighted by Crippen LogP contribution is -2.53. The summed E-state index contributed by atoms with van der Waals surface area (Å²) >= 11 is 0. The molecule has 0 atom stereocenters. The highest BCUT2D eigenvalue weighted by Crippen LogP contribution is 2.12. The second-order valence-electron chi connectivity index (χ2n) is 5.11. The maximum Gasteiger partial charge on any atom is 0.236 e. The van der Waals surface area contributed by atoms with Crippen LogP contribution in [0.4, 0.5) is 0 Å². The third-order valence-corrected chi connectivity index (χ3v) is 5.27. The van der Waals surface area contributed by atoms with E-state index in [4.69, 9.17) is 0 Å². The van der Waals surface area contributed by atoms with Crippen molar-refractivity contribution in [2.24, 2.45) is 0 Å². The van der Waals surface area contributed by atoms with E-state index < -0.39 is 15.3 Å². The molecular weight excluding hydrogens is 254 g/mol. The summed E-state index contributed by atoms with van der Waals surface area (Å²) in [5.41, 5.74) is 0. The van der Waals surface area contributed by atoms with Gasteiger partial charge in [0.15, 0.2) is 0 Å². The Morgan fingerprint density at radius 3 is 2.06 bits per heavy atom. The summed E-state index contributed by atoms with van der Waals surface area (Å²) in [6.07, 6.45) is 0. The van der Waals surface area contributed by atoms with E-state index in [2.05, 4.69) is 0 Å². The molecule has 0 aliphatic carbocycles. The second kappa shape index (κ2) is 5.99. The normalized spacial score (nSPS) is 18.7. The number of piperazine rings is 1. The first kappa shape index (κ1) is 15.4. The van der Waals surface area contributed by atoms with E-state index in [-0.39, 0.29) is 5.91 Å². The molecular formula is C11H23N3O3S. The Hall–Kier alpha value is -0.660. The number of likely N-dealkylation sites (N-methyl/N-ethyl adjacent to an activating group) is 1. The van der Waals surface area contributed by atoms with Crippen molar-refractivity contribution in [3.8, 4) is 0 Å². The molecule has 1 fully saturated rings. The van der Waals surface area contributed by atoms with Gasteiger partial charge in [-0.2, -0.15) is 4.31 Å². The Morgan fingerprint density at radius 2 is 1.67 bits per heavy atom. The zero-order valence-electron chi connectivity index (χ0n) is 11.6. The minimum Gasteiger partial charge on any atom is -0.339 e. The summed E-state index contributed by atoms with van der Waals surface area (Å²) in [4.78, 5) is 15.4. The van der Waals surface area contributed by atoms with E-state index in [1.54, 1.807) is 18.7 Å². The number of amides is 1. The number of sulfonamides is 1. The lowest BCUT2D eigenvalue weighted by molar-refractivity contribution is -0.133. The Bertz CT molecular complexity index is 384. The third kappa shape index (κ3) is 3.66. The third-order valence-electron chi connectivity index (χ3n) is 3.00. The van der Waals surface area contributed by atoms with Crippen LogP contribution in [0.15, 0.2) is 0 Å². The molecule has 1 aliphatic rings. The monoisotopic (exact) mass is 277 g/mol. The molecule has 0 saturated carbocycles. The van der Waals surface area contributed by atoms with Gasteiger partial charge in [-0.15, -0.1) is 0 Å². The molecule has 18 heavy (non-hydrogen) atoms. The maximum atomic E-state index is 12.0. The van der Waals surface area contributed by atoms with E-state index in [1.807, 2.05) is 19.0 Å². The van der Waals surface area contributed by atoms with Gasteiger partial charge in [-0.05, 0) is 27.9 Å². The molecule has 1 heterocycles. The number of carbonyl (C=O) groups is 1. The molecule has 106 valence electrons. The quantitative estimate of drug-likeness (QED) is 0.690. The van der Waals surface area contributed by atoms with Crippen molar-refractivity contribution in [1.82, 2.24) is 14.1 Å². The first-order valence-electron chi connectivity index (χ1n) is 6.16. The average Bonchev–Trinajstić information content (AvgIpc) is 2.28. The van der Waals surface area contributed by atoms with Crippen LogP contribution in [-0.2, 0) is 14.8 Å². The van der Waals surface area contributed by atoms with E-state index in [1.165, 1.54) is 4.31 Å². The van der Waals surface area contributed by atoms with Crippen LogP contribution < -0.4 is 0 Å². The summed E-state index contributed by atoms with van der Waals surface area (Å²) in [6, 6.07) is 0. The molecule has 1 aliphatic heterocycles. The molecule has 0 bridgehead atoms. The fraction of sp³-hybridized carbons (Fsp3) is 0.909. The summed E-state index contributed by atoms with van der Waals surface area (Å²) in [7, 11) is 0.502. The molecule has 1 amide bonds. The van der Waals surface area contributed by atoms with Crippen molar-refractivity contribution >= 4 is 15.9 Å². The first-order chi connectivity index (χ1) is 8.25. The summed E-state index contributed by atoms with van der Waals surface area (Å²) in [5.74, 6) is 0.0570. The zero-order chi connectivity index (χ0) is 13.9. The topological polar surface area (TPSA) is 60.9 Å². The van der Waals surface area contributed by atoms with Crippen LogP contribution in [0.25, 0.3) is 0 Å². The van der Waals surface area contributed by atoms with Gasteiger partial charge in [-0.3, -0.25) is 4.79 Å². The molecule has 0 spiro atoms. The van der Waals surface area contributed by atoms with Gasteiger partial charge in [-0.1, -0.05) is 0 Å². The highest BCUT2D eigenvalue weighted by Gasteiger charge is 2.30. The molecule has 0 radical (unpaired) electrons. The molecule has 7 heteroatoms. The predicted molar refractivity (Wildman–Crippen MR) is 70.8 cm³/mol. The van der Waals surface area contributed by atoms with E-state index in [9.17, 15) is 13.2 Å². The van der Waals surface area contributed by atoms with Gasteiger partial charge in [0.2, 0.25) is 15.9 Å². The van der Waals surface area contributed by atoms with Crippen LogP contribution in [0.5, 0.6) is 0 Å². The standard InChI is InChI=1S/C11H23N3O3S/c1-10(2)18(16,17)14-7-5-13(6-8-14)11(15)9-12(3)4/h10H,5-9H2,1-4H3. The van der Waals surface area contributed by atoms with Crippen LogP contribution in [0.3, 0.4) is 0 Å². The lowest BCUT2D eigenvalue weighted by atomic mass is 10.3. The number of hydrogen-bond acceptors (Lipinski definition) is 4. The fourth-order valence-electron chi connectivity index (χ4n) is 1.86. The van der Waals surface area contributed by atoms with Gasteiger partial charge in [0.1, 0.15) is 0 Å². The highest BCUT2D eigenvalue weighted by atomic mass is 32.2. The molecule has 0 aromatic rings. The van der Waals surface area contributed by atoms with Crippen molar-refractivity contribution in [1.29, 1.82) is 0 Å². The number of rotatable bonds is 4. The summed E-state index contributed by atoms with van der Waals surface area (Å²) in [5, 5.41) is -0.401. The van der Waals surface area contributed by atoms with Crippen LogP contribution in [0, 0.1) is 0 Å². The Morgan fingerprint density at radius 1 is 1.17 bits per heavy atom. The van der Waals surface area contributed by atoms with Crippen molar-refractivity contribution in [3.63, 3.8) is 0 Å². The van der Waals surface area contributed by atoms with Gasteiger partial charge in [0, 0.05) is 26.2 Å². The molecule has 0 N–H and O–H groups in total. The van der Waals surface area contributed by atoms with Crippen LogP contribution in [-0.4, -0.2) is 80.5 Å². The van der Waals surface area contributed by atoms with Gasteiger partial charge >= 0.3 is 0 Å². The number of hydrogen-bond donors (Lipinski definition) is 0. The van der Waals surface area contributed by atoms with E-state index in [0.717, 1.165) is 0 Å². The SMILES string of the molecule is CC(C)S(=O)(=O)N1CCN(C(=O)CN(C)C)CC1. The molecule has 0 unspecified atom stereocenters. The Kier molecular flexibility index (Phi) is 5.12. The Balaban J connectivity index is 2.54. The molecule has 1 rings (SSSR count). The van der Waals surface area contributed by atoms with Gasteiger partial charge in [0.25, 0.3) is 0 Å². The van der Waals surface area contributed by atoms with Crippen LogP contribution in [0.1, 0.15) is 13.8 Å². The van der Waals surface area contributed by atoms with E-state index >= 15 is 0 Å². The van der Waals surface area contributed by atoms with Crippen LogP contribution >= 0.6 is 0 Å². The van der Waals surface area contributed by atoms with Crippen molar-refractivity contribution in [2.45, 2.75) is 19.1 Å². The van der Waals surface area contributed by atoms with Gasteiger partial charge in [0.05, 0.1) is 11.8 Å². The van der Waals surface area contributed by atoms with E-state index in [0.29, 0.717) is 32.7 Å². The Labute approximate surface area is 110 Å². The molecule has 6 nitrogen and oxygen atoms in total. The van der Waals surface area contributed by atoms with Crippen molar-refractivity contribution in [2.75, 3.05) is 46.8 Å². The maximum absolute atomic E-state index is 12.0. The fourth-order valence-corrected chi connectivity index (χ4v) is 3.13. The van der Waals surface area contributed by atoms with Crippen LogP contribution in [0.2, 0.25) is 0 Å². The smallest absolute Gasteiger partial charge is 0.236 e. The summed E-state index contributed by atoms with van der Waals surface area (Å²) < 4.78 is 25.4. The molecule has 0 aromatic heterocycles. The molecule has 1 saturated heterocycles. The number of nitrogens with zero attached hydrogens (tertiary/aromatic N) is 3. The van der Waals surface area contributed by atoms with Gasteiger partial charge in [-0.25, -0.2) is 8.42 Å². The largest absolute Gasteiger partial charge is 0.339 e. The first-order valence-corrected chi connectivity index (χ1v) is 7.67. The van der Waals surface area contributed by atoms with Gasteiger partial charge < -0.3 is 9.80 Å². The molecule has 0 aromatic carbocycles. The highest BCUT2D eigenvalue weighted by molar-refractivity contribution is 7.89. The lowest BCUT2D eigenvalue weighted by Gasteiger charge is -2.35. The summed E-state index contributed by atoms with van der Waals surface area (Å²) in [6.45, 7) is 5.51. The van der Waals surface area contributed by atoms with Crippen molar-refractivity contribution in [3.05, 3.63) is 0 Å². The minimum atomic E-state index is -3.19. The average molecular weight is 277 g/mol. The number of carbonyl (C=O) groups excluding carboxylic acids is 1. The zero-order valence-corrected chi connectivity index (χ0v) is 12.4. The second-order valence-corrected chi connectivity index (χ2v) is 7.60. The van der Waals surface area contributed by atoms with Crippen molar-refractivity contribution < 1.29 is 13.2 Å².